The van der Waals surface area contributed by atoms with Crippen LogP contribution in [0, 0.1) is 6.92 Å². The van der Waals surface area contributed by atoms with Gasteiger partial charge in [-0.3, -0.25) is 14.4 Å². The minimum atomic E-state index is -4.17. The summed E-state index contributed by atoms with van der Waals surface area (Å²) in [7, 11) is 3.15. The molecular weight excluding hydrogens is 578 g/mol. The second kappa shape index (κ2) is 13.3. The SMILES string of the molecule is COc1ccc(Cl)c(Nc2nc3ccccc3nc2NS(=O)(=O)c2cc(NC(=O)CN(C)CCN(C)C)ccc2C)c1. The maximum Gasteiger partial charge on any atom is 0.263 e. The number of ether oxygens (including phenoxy) is 1. The number of benzene rings is 3. The quantitative estimate of drug-likeness (QED) is 0.211. The molecule has 0 aliphatic heterocycles. The Balaban J connectivity index is 1.63. The number of carbonyl (C=O) groups is 1. The van der Waals surface area contributed by atoms with Crippen molar-refractivity contribution in [3.05, 3.63) is 71.2 Å². The lowest BCUT2D eigenvalue weighted by Crippen LogP contribution is -2.35. The van der Waals surface area contributed by atoms with Crippen LogP contribution in [0.5, 0.6) is 5.75 Å². The van der Waals surface area contributed by atoms with Gasteiger partial charge in [0.1, 0.15) is 5.75 Å². The number of anilines is 4. The van der Waals surface area contributed by atoms with E-state index in [0.717, 1.165) is 6.54 Å². The molecule has 0 atom stereocenters. The van der Waals surface area contributed by atoms with Gasteiger partial charge in [0, 0.05) is 24.8 Å². The average molecular weight is 612 g/mol. The molecule has 0 saturated heterocycles. The van der Waals surface area contributed by atoms with Gasteiger partial charge in [0.05, 0.1) is 40.3 Å². The van der Waals surface area contributed by atoms with Gasteiger partial charge in [-0.25, -0.2) is 18.4 Å². The highest BCUT2D eigenvalue weighted by Gasteiger charge is 2.22. The summed E-state index contributed by atoms with van der Waals surface area (Å²) in [6, 6.07) is 16.9. The highest BCUT2D eigenvalue weighted by molar-refractivity contribution is 7.92. The Kier molecular flexibility index (Phi) is 9.84. The van der Waals surface area contributed by atoms with Gasteiger partial charge in [0.2, 0.25) is 5.91 Å². The standard InChI is InChI=1S/C29H34ClN7O4S/c1-19-10-11-20(31-27(38)18-37(4)15-14-36(2)3)16-26(19)42(39,40)35-29-28(32-23-8-6-7-9-24(23)33-29)34-25-17-21(41-5)12-13-22(25)30/h6-13,16-17H,14-15,18H2,1-5H3,(H,31,38)(H,32,34)(H,33,35). The topological polar surface area (TPSA) is 129 Å². The Bertz CT molecular complexity index is 1700. The van der Waals surface area contributed by atoms with Crippen LogP contribution in [-0.2, 0) is 14.8 Å². The first-order valence-corrected chi connectivity index (χ1v) is 14.9. The van der Waals surface area contributed by atoms with Crippen LogP contribution in [0.3, 0.4) is 0 Å². The van der Waals surface area contributed by atoms with E-state index in [4.69, 9.17) is 16.3 Å². The van der Waals surface area contributed by atoms with Crippen molar-refractivity contribution < 1.29 is 17.9 Å². The molecule has 3 aromatic carbocycles. The molecule has 0 aliphatic carbocycles. The predicted molar refractivity (Wildman–Crippen MR) is 167 cm³/mol. The fraction of sp³-hybridized carbons (Fsp3) is 0.276. The van der Waals surface area contributed by atoms with Gasteiger partial charge in [0.25, 0.3) is 10.0 Å². The fourth-order valence-electron chi connectivity index (χ4n) is 4.06. The highest BCUT2D eigenvalue weighted by atomic mass is 35.5. The summed E-state index contributed by atoms with van der Waals surface area (Å²) < 4.78 is 35.3. The minimum absolute atomic E-state index is 0.0124. The number of carbonyl (C=O) groups excluding carboxylic acids is 1. The van der Waals surface area contributed by atoms with Crippen molar-refractivity contribution in [1.82, 2.24) is 19.8 Å². The second-order valence-electron chi connectivity index (χ2n) is 10.1. The van der Waals surface area contributed by atoms with Gasteiger partial charge in [-0.1, -0.05) is 29.8 Å². The zero-order chi connectivity index (χ0) is 30.4. The summed E-state index contributed by atoms with van der Waals surface area (Å²) >= 11 is 6.40. The third-order valence-corrected chi connectivity index (χ3v) is 8.14. The molecule has 42 heavy (non-hydrogen) atoms. The minimum Gasteiger partial charge on any atom is -0.497 e. The Morgan fingerprint density at radius 2 is 1.64 bits per heavy atom. The van der Waals surface area contributed by atoms with Crippen LogP contribution in [0.25, 0.3) is 11.0 Å². The van der Waals surface area contributed by atoms with Crippen molar-refractivity contribution in [2.75, 3.05) is 63.2 Å². The van der Waals surface area contributed by atoms with Gasteiger partial charge in [-0.15, -0.1) is 0 Å². The van der Waals surface area contributed by atoms with Gasteiger partial charge in [-0.05, 0) is 70.0 Å². The fourth-order valence-corrected chi connectivity index (χ4v) is 5.50. The van der Waals surface area contributed by atoms with Crippen molar-refractivity contribution in [3.8, 4) is 5.75 Å². The largest absolute Gasteiger partial charge is 0.497 e. The molecule has 3 N–H and O–H groups in total. The lowest BCUT2D eigenvalue weighted by molar-refractivity contribution is -0.117. The molecule has 1 amide bonds. The van der Waals surface area contributed by atoms with E-state index in [-0.39, 0.29) is 29.0 Å². The highest BCUT2D eigenvalue weighted by Crippen LogP contribution is 2.33. The maximum atomic E-state index is 13.7. The molecule has 0 unspecified atom stereocenters. The number of amides is 1. The molecule has 0 fully saturated rings. The number of halogens is 1. The molecule has 0 aliphatic rings. The van der Waals surface area contributed by atoms with Crippen LogP contribution in [-0.4, -0.2) is 82.0 Å². The van der Waals surface area contributed by atoms with E-state index in [0.29, 0.717) is 45.3 Å². The number of aryl methyl sites for hydroxylation is 1. The number of hydrogen-bond acceptors (Lipinski definition) is 9. The Morgan fingerprint density at radius 3 is 2.31 bits per heavy atom. The number of sulfonamides is 1. The molecule has 1 heterocycles. The van der Waals surface area contributed by atoms with Gasteiger partial charge in [-0.2, -0.15) is 0 Å². The predicted octanol–water partition coefficient (Wildman–Crippen LogP) is 4.58. The van der Waals surface area contributed by atoms with Crippen molar-refractivity contribution in [2.24, 2.45) is 0 Å². The molecule has 0 saturated carbocycles. The van der Waals surface area contributed by atoms with Gasteiger partial charge < -0.3 is 20.3 Å². The maximum absolute atomic E-state index is 13.7. The van der Waals surface area contributed by atoms with E-state index in [1.54, 1.807) is 55.5 Å². The molecule has 4 rings (SSSR count). The number of aromatic nitrogens is 2. The van der Waals surface area contributed by atoms with E-state index in [9.17, 15) is 13.2 Å². The van der Waals surface area contributed by atoms with Crippen molar-refractivity contribution in [1.29, 1.82) is 0 Å². The molecule has 0 spiro atoms. The van der Waals surface area contributed by atoms with Crippen molar-refractivity contribution in [2.45, 2.75) is 11.8 Å². The van der Waals surface area contributed by atoms with Crippen molar-refractivity contribution >= 4 is 61.6 Å². The zero-order valence-corrected chi connectivity index (χ0v) is 25.7. The molecule has 1 aromatic heterocycles. The molecule has 0 bridgehead atoms. The van der Waals surface area contributed by atoms with Crippen LogP contribution < -0.4 is 20.1 Å². The van der Waals surface area contributed by atoms with Crippen LogP contribution in [0.2, 0.25) is 5.02 Å². The van der Waals surface area contributed by atoms with E-state index < -0.39 is 10.0 Å². The summed E-state index contributed by atoms with van der Waals surface area (Å²) in [6.45, 7) is 3.36. The third-order valence-electron chi connectivity index (χ3n) is 6.33. The Morgan fingerprint density at radius 1 is 0.952 bits per heavy atom. The van der Waals surface area contributed by atoms with E-state index >= 15 is 0 Å². The number of methoxy groups -OCH3 is 1. The first kappa shape index (κ1) is 31.0. The summed E-state index contributed by atoms with van der Waals surface area (Å²) in [4.78, 5) is 25.7. The molecular formula is C29H34ClN7O4S. The number of para-hydroxylation sites is 2. The second-order valence-corrected chi connectivity index (χ2v) is 12.1. The Hall–Kier alpha value is -3.97. The number of hydrogen-bond donors (Lipinski definition) is 3. The number of likely N-dealkylation sites (N-methyl/N-ethyl adjacent to an activating group) is 2. The lowest BCUT2D eigenvalue weighted by Gasteiger charge is -2.19. The Labute approximate surface area is 250 Å². The number of rotatable bonds is 12. The van der Waals surface area contributed by atoms with E-state index in [1.165, 1.54) is 13.2 Å². The molecule has 0 radical (unpaired) electrons. The zero-order valence-electron chi connectivity index (χ0n) is 24.1. The van der Waals surface area contributed by atoms with Crippen LogP contribution in [0.4, 0.5) is 23.0 Å². The first-order chi connectivity index (χ1) is 19.9. The summed E-state index contributed by atoms with van der Waals surface area (Å²) in [6.07, 6.45) is 0. The average Bonchev–Trinajstić information content (AvgIpc) is 2.94. The normalized spacial score (nSPS) is 11.6. The monoisotopic (exact) mass is 611 g/mol. The summed E-state index contributed by atoms with van der Waals surface area (Å²) in [5.74, 6) is 0.425. The number of fused-ring (bicyclic) bond motifs is 1. The molecule has 13 heteroatoms. The smallest absolute Gasteiger partial charge is 0.263 e. The lowest BCUT2D eigenvalue weighted by atomic mass is 10.2. The number of nitrogens with one attached hydrogen (secondary N) is 3. The van der Waals surface area contributed by atoms with Crippen molar-refractivity contribution in [3.63, 3.8) is 0 Å². The van der Waals surface area contributed by atoms with E-state index in [1.807, 2.05) is 37.0 Å². The van der Waals surface area contributed by atoms with E-state index in [2.05, 4.69) is 25.3 Å². The van der Waals surface area contributed by atoms with Gasteiger partial charge >= 0.3 is 0 Å². The first-order valence-electron chi connectivity index (χ1n) is 13.1. The molecule has 222 valence electrons. The third kappa shape index (κ3) is 7.85. The number of nitrogens with zero attached hydrogens (tertiary/aromatic N) is 4. The van der Waals surface area contributed by atoms with Gasteiger partial charge in [0.15, 0.2) is 11.6 Å². The van der Waals surface area contributed by atoms with Crippen LogP contribution in [0.1, 0.15) is 5.56 Å². The molecule has 4 aromatic rings. The summed E-state index contributed by atoms with van der Waals surface area (Å²) in [5, 5.41) is 6.27. The summed E-state index contributed by atoms with van der Waals surface area (Å²) in [5.41, 5.74) is 2.35. The molecule has 11 nitrogen and oxygen atoms in total. The van der Waals surface area contributed by atoms with Crippen LogP contribution in [0.15, 0.2) is 65.6 Å². The van der Waals surface area contributed by atoms with Crippen LogP contribution >= 0.6 is 11.6 Å².